The minimum absolute atomic E-state index is 0.220. The minimum atomic E-state index is -0.423. The molecule has 1 aromatic heterocycles. The maximum atomic E-state index is 12.4. The van der Waals surface area contributed by atoms with Crippen molar-refractivity contribution in [3.63, 3.8) is 0 Å². The topological polar surface area (TPSA) is 60.7 Å². The third-order valence-electron chi connectivity index (χ3n) is 3.87. The summed E-state index contributed by atoms with van der Waals surface area (Å²) in [5, 5.41) is 10.8. The molecule has 0 unspecified atom stereocenters. The summed E-state index contributed by atoms with van der Waals surface area (Å²) in [5.74, 6) is 0.608. The van der Waals surface area contributed by atoms with Crippen LogP contribution in [0, 0.1) is 0 Å². The maximum absolute atomic E-state index is 12.4. The molecule has 0 radical (unpaired) electrons. The van der Waals surface area contributed by atoms with Gasteiger partial charge in [0.1, 0.15) is 5.75 Å². The van der Waals surface area contributed by atoms with Crippen LogP contribution in [0.3, 0.4) is 0 Å². The number of nitrogens with zero attached hydrogens (tertiary/aromatic N) is 1. The quantitative estimate of drug-likeness (QED) is 0.754. The van der Waals surface area contributed by atoms with E-state index in [4.69, 9.17) is 9.47 Å². The van der Waals surface area contributed by atoms with Gasteiger partial charge in [-0.1, -0.05) is 26.7 Å². The molecular weight excluding hydrogens is 294 g/mol. The second kappa shape index (κ2) is 7.90. The number of aromatic hydroxyl groups is 1. The third kappa shape index (κ3) is 3.60. The number of aromatic nitrogens is 1. The number of ether oxygens (including phenoxy) is 2. The Balaban J connectivity index is 2.56. The number of hydrogen-bond donors (Lipinski definition) is 1. The lowest BCUT2D eigenvalue weighted by atomic mass is 10.1. The molecule has 0 aliphatic rings. The fourth-order valence-electron chi connectivity index (χ4n) is 2.56. The van der Waals surface area contributed by atoms with Crippen molar-refractivity contribution in [1.29, 1.82) is 0 Å². The van der Waals surface area contributed by atoms with Crippen molar-refractivity contribution >= 4 is 10.9 Å². The first-order valence-electron chi connectivity index (χ1n) is 8.20. The molecular formula is C18H25NO4. The molecule has 5 nitrogen and oxygen atoms in total. The number of unbranched alkanes of at least 4 members (excludes halogenated alkanes) is 2. The molecule has 1 heterocycles. The van der Waals surface area contributed by atoms with Crippen LogP contribution in [0.1, 0.15) is 39.5 Å². The highest BCUT2D eigenvalue weighted by Crippen LogP contribution is 2.33. The van der Waals surface area contributed by atoms with E-state index in [1.54, 1.807) is 4.57 Å². The number of fused-ring (bicyclic) bond motifs is 1. The summed E-state index contributed by atoms with van der Waals surface area (Å²) < 4.78 is 12.6. The Hall–Kier alpha value is -2.17. The van der Waals surface area contributed by atoms with Gasteiger partial charge >= 0.3 is 0 Å². The van der Waals surface area contributed by atoms with Gasteiger partial charge in [0.2, 0.25) is 5.75 Å². The predicted molar refractivity (Wildman–Crippen MR) is 91.7 cm³/mol. The molecule has 0 aliphatic heterocycles. The average molecular weight is 319 g/mol. The summed E-state index contributed by atoms with van der Waals surface area (Å²) >= 11 is 0. The Morgan fingerprint density at radius 1 is 1.17 bits per heavy atom. The van der Waals surface area contributed by atoms with Crippen LogP contribution < -0.4 is 15.0 Å². The van der Waals surface area contributed by atoms with Gasteiger partial charge in [0.05, 0.1) is 19.2 Å². The van der Waals surface area contributed by atoms with E-state index in [0.717, 1.165) is 36.9 Å². The van der Waals surface area contributed by atoms with Crippen LogP contribution in [0.25, 0.3) is 10.9 Å². The van der Waals surface area contributed by atoms with Crippen molar-refractivity contribution in [2.45, 2.75) is 46.1 Å². The largest absolute Gasteiger partial charge is 0.500 e. The molecule has 0 fully saturated rings. The highest BCUT2D eigenvalue weighted by molar-refractivity contribution is 5.88. The van der Waals surface area contributed by atoms with Crippen molar-refractivity contribution in [2.75, 3.05) is 13.7 Å². The first-order valence-corrected chi connectivity index (χ1v) is 8.20. The fourth-order valence-corrected chi connectivity index (χ4v) is 2.56. The van der Waals surface area contributed by atoms with Crippen LogP contribution in [-0.2, 0) is 6.54 Å². The Labute approximate surface area is 136 Å². The number of pyridine rings is 1. The van der Waals surface area contributed by atoms with Gasteiger partial charge in [-0.3, -0.25) is 4.79 Å². The molecule has 0 bridgehead atoms. The van der Waals surface area contributed by atoms with Gasteiger partial charge in [-0.2, -0.15) is 0 Å². The molecule has 23 heavy (non-hydrogen) atoms. The Kier molecular flexibility index (Phi) is 5.90. The van der Waals surface area contributed by atoms with Crippen molar-refractivity contribution < 1.29 is 14.6 Å². The van der Waals surface area contributed by atoms with E-state index < -0.39 is 5.56 Å². The van der Waals surface area contributed by atoms with Gasteiger partial charge in [-0.05, 0) is 25.0 Å². The second-order valence-corrected chi connectivity index (χ2v) is 5.57. The van der Waals surface area contributed by atoms with E-state index in [9.17, 15) is 9.90 Å². The normalized spacial score (nSPS) is 10.9. The van der Waals surface area contributed by atoms with Crippen LogP contribution in [0.5, 0.6) is 17.2 Å². The molecule has 2 rings (SSSR count). The smallest absolute Gasteiger partial charge is 0.297 e. The molecule has 126 valence electrons. The van der Waals surface area contributed by atoms with Crippen LogP contribution in [0.4, 0.5) is 0 Å². The molecule has 0 spiro atoms. The van der Waals surface area contributed by atoms with Gasteiger partial charge < -0.3 is 19.1 Å². The zero-order valence-electron chi connectivity index (χ0n) is 14.1. The minimum Gasteiger partial charge on any atom is -0.500 e. The number of hydrogen-bond acceptors (Lipinski definition) is 4. The maximum Gasteiger partial charge on any atom is 0.297 e. The van der Waals surface area contributed by atoms with Gasteiger partial charge in [0.15, 0.2) is 5.75 Å². The summed E-state index contributed by atoms with van der Waals surface area (Å²) in [6.07, 6.45) is 3.88. The highest BCUT2D eigenvalue weighted by atomic mass is 16.5. The first-order chi connectivity index (χ1) is 11.1. The predicted octanol–water partition coefficient (Wildman–Crippen LogP) is 3.69. The SMILES string of the molecule is CCCCOc1ccc2c(OC)c(O)c(=O)n(CCCC)c2c1. The van der Waals surface area contributed by atoms with Crippen molar-refractivity contribution in [3.8, 4) is 17.2 Å². The Morgan fingerprint density at radius 3 is 2.57 bits per heavy atom. The van der Waals surface area contributed by atoms with Crippen LogP contribution >= 0.6 is 0 Å². The number of rotatable bonds is 8. The summed E-state index contributed by atoms with van der Waals surface area (Å²) in [6.45, 7) is 5.38. The average Bonchev–Trinajstić information content (AvgIpc) is 2.56. The first kappa shape index (κ1) is 17.2. The van der Waals surface area contributed by atoms with Gasteiger partial charge in [0, 0.05) is 18.0 Å². The van der Waals surface area contributed by atoms with E-state index in [0.29, 0.717) is 18.5 Å². The highest BCUT2D eigenvalue weighted by Gasteiger charge is 2.17. The standard InChI is InChI=1S/C18H25NO4/c1-4-6-10-19-15-12-13(23-11-7-5-2)8-9-14(15)17(22-3)16(20)18(19)21/h8-9,12,20H,4-7,10-11H2,1-3H3. The lowest BCUT2D eigenvalue weighted by molar-refractivity contribution is 0.309. The molecule has 0 amide bonds. The number of aryl methyl sites for hydroxylation is 1. The molecule has 0 atom stereocenters. The number of benzene rings is 1. The lowest BCUT2D eigenvalue weighted by Gasteiger charge is -2.15. The summed E-state index contributed by atoms with van der Waals surface area (Å²) in [7, 11) is 1.45. The molecule has 5 heteroatoms. The van der Waals surface area contributed by atoms with Crippen LogP contribution in [-0.4, -0.2) is 23.4 Å². The Morgan fingerprint density at radius 2 is 1.91 bits per heavy atom. The molecule has 0 saturated heterocycles. The van der Waals surface area contributed by atoms with Crippen molar-refractivity contribution in [2.24, 2.45) is 0 Å². The summed E-state index contributed by atoms with van der Waals surface area (Å²) in [6, 6.07) is 5.52. The number of methoxy groups -OCH3 is 1. The molecule has 1 N–H and O–H groups in total. The van der Waals surface area contributed by atoms with Gasteiger partial charge in [-0.15, -0.1) is 0 Å². The van der Waals surface area contributed by atoms with E-state index >= 15 is 0 Å². The summed E-state index contributed by atoms with van der Waals surface area (Å²) in [5.41, 5.74) is 0.306. The van der Waals surface area contributed by atoms with Gasteiger partial charge in [0.25, 0.3) is 5.56 Å². The van der Waals surface area contributed by atoms with Crippen LogP contribution in [0.2, 0.25) is 0 Å². The lowest BCUT2D eigenvalue weighted by Crippen LogP contribution is -2.21. The van der Waals surface area contributed by atoms with E-state index in [1.807, 2.05) is 18.2 Å². The van der Waals surface area contributed by atoms with Crippen molar-refractivity contribution in [1.82, 2.24) is 4.57 Å². The second-order valence-electron chi connectivity index (χ2n) is 5.57. The monoisotopic (exact) mass is 319 g/mol. The van der Waals surface area contributed by atoms with E-state index in [2.05, 4.69) is 13.8 Å². The third-order valence-corrected chi connectivity index (χ3v) is 3.87. The van der Waals surface area contributed by atoms with Crippen LogP contribution in [0.15, 0.2) is 23.0 Å². The van der Waals surface area contributed by atoms with Crippen molar-refractivity contribution in [3.05, 3.63) is 28.6 Å². The summed E-state index contributed by atoms with van der Waals surface area (Å²) in [4.78, 5) is 12.4. The molecule has 2 aromatic rings. The molecule has 1 aromatic carbocycles. The Bertz CT molecular complexity index is 721. The molecule has 0 aliphatic carbocycles. The van der Waals surface area contributed by atoms with E-state index in [-0.39, 0.29) is 11.5 Å². The van der Waals surface area contributed by atoms with E-state index in [1.165, 1.54) is 7.11 Å². The van der Waals surface area contributed by atoms with Gasteiger partial charge in [-0.25, -0.2) is 0 Å². The molecule has 0 saturated carbocycles. The zero-order valence-corrected chi connectivity index (χ0v) is 14.1. The zero-order chi connectivity index (χ0) is 16.8. The fraction of sp³-hybridized carbons (Fsp3) is 0.500.